The number of nitrogens with two attached hydrogens (primary N) is 1. The van der Waals surface area contributed by atoms with Gasteiger partial charge in [-0.05, 0) is 26.4 Å². The summed E-state index contributed by atoms with van der Waals surface area (Å²) in [5, 5.41) is 9.32. The first-order valence-electron chi connectivity index (χ1n) is 3.82. The maximum absolute atomic E-state index is 9.32. The molecule has 2 atom stereocenters. The molecule has 10 heavy (non-hydrogen) atoms. The largest absolute Gasteiger partial charge is 0.391 e. The van der Waals surface area contributed by atoms with Crippen LogP contribution < -0.4 is 5.73 Å². The SMILES string of the molecule is CN1CC[C@H](N)[C@@H](O)CC1. The number of likely N-dealkylation sites (tertiary alicyclic amines) is 1. The van der Waals surface area contributed by atoms with Crippen LogP contribution in [0.5, 0.6) is 0 Å². The Morgan fingerprint density at radius 2 is 2.00 bits per heavy atom. The van der Waals surface area contributed by atoms with E-state index in [9.17, 15) is 5.11 Å². The molecule has 0 aromatic rings. The van der Waals surface area contributed by atoms with Crippen LogP contribution in [0.15, 0.2) is 0 Å². The number of hydrogen-bond acceptors (Lipinski definition) is 3. The maximum Gasteiger partial charge on any atom is 0.0703 e. The first-order chi connectivity index (χ1) is 4.70. The normalized spacial score (nSPS) is 37.5. The average molecular weight is 144 g/mol. The predicted molar refractivity (Wildman–Crippen MR) is 40.7 cm³/mol. The van der Waals surface area contributed by atoms with E-state index >= 15 is 0 Å². The lowest BCUT2D eigenvalue weighted by atomic mass is 10.1. The Hall–Kier alpha value is -0.120. The molecule has 1 saturated heterocycles. The van der Waals surface area contributed by atoms with Crippen molar-refractivity contribution < 1.29 is 5.11 Å². The second-order valence-electron chi connectivity index (χ2n) is 3.11. The summed E-state index contributed by atoms with van der Waals surface area (Å²) in [6.07, 6.45) is 1.44. The van der Waals surface area contributed by atoms with Gasteiger partial charge >= 0.3 is 0 Å². The number of nitrogens with zero attached hydrogens (tertiary/aromatic N) is 1. The Morgan fingerprint density at radius 1 is 1.40 bits per heavy atom. The van der Waals surface area contributed by atoms with Gasteiger partial charge in [-0.2, -0.15) is 0 Å². The van der Waals surface area contributed by atoms with Gasteiger partial charge in [-0.15, -0.1) is 0 Å². The van der Waals surface area contributed by atoms with Gasteiger partial charge in [0.05, 0.1) is 6.10 Å². The first kappa shape index (κ1) is 7.98. The highest BCUT2D eigenvalue weighted by Crippen LogP contribution is 2.07. The van der Waals surface area contributed by atoms with Crippen molar-refractivity contribution in [3.63, 3.8) is 0 Å². The van der Waals surface area contributed by atoms with Crippen molar-refractivity contribution in [2.75, 3.05) is 20.1 Å². The second kappa shape index (κ2) is 3.32. The molecule has 0 aromatic heterocycles. The predicted octanol–water partition coefficient (Wildman–Crippen LogP) is -0.600. The van der Waals surface area contributed by atoms with E-state index in [1.807, 2.05) is 0 Å². The van der Waals surface area contributed by atoms with Gasteiger partial charge in [0.2, 0.25) is 0 Å². The summed E-state index contributed by atoms with van der Waals surface area (Å²) >= 11 is 0. The minimum absolute atomic E-state index is 0.00931. The highest BCUT2D eigenvalue weighted by molar-refractivity contribution is 4.77. The monoisotopic (exact) mass is 144 g/mol. The van der Waals surface area contributed by atoms with Crippen molar-refractivity contribution in [1.29, 1.82) is 0 Å². The zero-order valence-electron chi connectivity index (χ0n) is 6.45. The van der Waals surface area contributed by atoms with Crippen LogP contribution in [0, 0.1) is 0 Å². The molecule has 0 amide bonds. The van der Waals surface area contributed by atoms with E-state index < -0.39 is 0 Å². The van der Waals surface area contributed by atoms with Crippen LogP contribution in [0.3, 0.4) is 0 Å². The Morgan fingerprint density at radius 3 is 2.70 bits per heavy atom. The molecule has 0 aromatic carbocycles. The topological polar surface area (TPSA) is 49.5 Å². The lowest BCUT2D eigenvalue weighted by Crippen LogP contribution is -2.34. The zero-order chi connectivity index (χ0) is 7.56. The van der Waals surface area contributed by atoms with Crippen LogP contribution in [-0.2, 0) is 0 Å². The van der Waals surface area contributed by atoms with Crippen LogP contribution >= 0.6 is 0 Å². The van der Waals surface area contributed by atoms with Crippen molar-refractivity contribution in [2.45, 2.75) is 25.0 Å². The van der Waals surface area contributed by atoms with Gasteiger partial charge in [0.25, 0.3) is 0 Å². The quantitative estimate of drug-likeness (QED) is 0.477. The van der Waals surface area contributed by atoms with Crippen LogP contribution in [0.2, 0.25) is 0 Å². The van der Waals surface area contributed by atoms with Crippen molar-refractivity contribution in [1.82, 2.24) is 4.90 Å². The maximum atomic E-state index is 9.32. The van der Waals surface area contributed by atoms with Crippen molar-refractivity contribution in [3.05, 3.63) is 0 Å². The summed E-state index contributed by atoms with van der Waals surface area (Å²) in [5.41, 5.74) is 5.66. The lowest BCUT2D eigenvalue weighted by Gasteiger charge is -2.12. The smallest absolute Gasteiger partial charge is 0.0703 e. The molecule has 0 bridgehead atoms. The van der Waals surface area contributed by atoms with E-state index in [1.54, 1.807) is 0 Å². The van der Waals surface area contributed by atoms with E-state index in [0.717, 1.165) is 25.9 Å². The summed E-state index contributed by atoms with van der Waals surface area (Å²) in [6, 6.07) is -0.00931. The third-order valence-corrected chi connectivity index (χ3v) is 2.14. The third kappa shape index (κ3) is 1.94. The van der Waals surface area contributed by atoms with Gasteiger partial charge < -0.3 is 15.7 Å². The van der Waals surface area contributed by atoms with E-state index in [0.29, 0.717) is 0 Å². The third-order valence-electron chi connectivity index (χ3n) is 2.14. The minimum atomic E-state index is -0.287. The van der Waals surface area contributed by atoms with Crippen LogP contribution in [0.4, 0.5) is 0 Å². The van der Waals surface area contributed by atoms with Crippen molar-refractivity contribution in [2.24, 2.45) is 5.73 Å². The fourth-order valence-corrected chi connectivity index (χ4v) is 1.24. The lowest BCUT2D eigenvalue weighted by molar-refractivity contribution is 0.138. The first-order valence-corrected chi connectivity index (χ1v) is 3.82. The molecule has 3 heteroatoms. The molecule has 1 fully saturated rings. The fourth-order valence-electron chi connectivity index (χ4n) is 1.24. The zero-order valence-corrected chi connectivity index (χ0v) is 6.45. The number of rotatable bonds is 0. The minimum Gasteiger partial charge on any atom is -0.391 e. The molecule has 0 aliphatic carbocycles. The van der Waals surface area contributed by atoms with Gasteiger partial charge in [0, 0.05) is 12.6 Å². The molecule has 3 nitrogen and oxygen atoms in total. The molecular weight excluding hydrogens is 128 g/mol. The molecular formula is C7H16N2O. The van der Waals surface area contributed by atoms with Crippen LogP contribution in [-0.4, -0.2) is 42.3 Å². The molecule has 0 spiro atoms. The molecule has 3 N–H and O–H groups in total. The van der Waals surface area contributed by atoms with E-state index in [-0.39, 0.29) is 12.1 Å². The number of aliphatic hydroxyl groups is 1. The van der Waals surface area contributed by atoms with E-state index in [4.69, 9.17) is 5.73 Å². The van der Waals surface area contributed by atoms with Crippen molar-refractivity contribution >= 4 is 0 Å². The Labute approximate surface area is 61.8 Å². The average Bonchev–Trinajstić information content (AvgIpc) is 2.04. The van der Waals surface area contributed by atoms with Gasteiger partial charge in [0.15, 0.2) is 0 Å². The summed E-state index contributed by atoms with van der Waals surface area (Å²) in [7, 11) is 2.06. The van der Waals surface area contributed by atoms with Gasteiger partial charge in [-0.25, -0.2) is 0 Å². The Bertz CT molecular complexity index is 95.8. The summed E-state index contributed by atoms with van der Waals surface area (Å²) < 4.78 is 0. The standard InChI is InChI=1S/C7H16N2O/c1-9-4-2-6(8)7(10)3-5-9/h6-7,10H,2-5,8H2,1H3/t6-,7-/m0/s1. The van der Waals surface area contributed by atoms with Crippen LogP contribution in [0.1, 0.15) is 12.8 Å². The van der Waals surface area contributed by atoms with E-state index in [2.05, 4.69) is 11.9 Å². The number of aliphatic hydroxyl groups excluding tert-OH is 1. The molecule has 1 rings (SSSR count). The molecule has 1 aliphatic heterocycles. The van der Waals surface area contributed by atoms with Gasteiger partial charge in [0.1, 0.15) is 0 Å². The molecule has 1 aliphatic rings. The van der Waals surface area contributed by atoms with Gasteiger partial charge in [-0.1, -0.05) is 0 Å². The molecule has 60 valence electrons. The number of hydrogen-bond donors (Lipinski definition) is 2. The molecule has 1 heterocycles. The summed E-state index contributed by atoms with van der Waals surface area (Å²) in [6.45, 7) is 1.98. The molecule has 0 radical (unpaired) electrons. The van der Waals surface area contributed by atoms with Crippen molar-refractivity contribution in [3.8, 4) is 0 Å². The second-order valence-corrected chi connectivity index (χ2v) is 3.11. The highest BCUT2D eigenvalue weighted by atomic mass is 16.3. The Kier molecular flexibility index (Phi) is 2.65. The molecule has 0 unspecified atom stereocenters. The summed E-state index contributed by atoms with van der Waals surface area (Å²) in [5.74, 6) is 0. The highest BCUT2D eigenvalue weighted by Gasteiger charge is 2.19. The summed E-state index contributed by atoms with van der Waals surface area (Å²) in [4.78, 5) is 2.20. The fraction of sp³-hybridized carbons (Fsp3) is 1.00. The Balaban J connectivity index is 2.38. The molecule has 0 saturated carbocycles. The van der Waals surface area contributed by atoms with Gasteiger partial charge in [-0.3, -0.25) is 0 Å². The van der Waals surface area contributed by atoms with Crippen LogP contribution in [0.25, 0.3) is 0 Å². The van der Waals surface area contributed by atoms with E-state index in [1.165, 1.54) is 0 Å².